The lowest BCUT2D eigenvalue weighted by molar-refractivity contribution is 0.582. The van der Waals surface area contributed by atoms with Crippen molar-refractivity contribution in [1.29, 1.82) is 0 Å². The Morgan fingerprint density at radius 3 is 2.81 bits per heavy atom. The van der Waals surface area contributed by atoms with Crippen LogP contribution in [0.25, 0.3) is 0 Å². The third-order valence-corrected chi connectivity index (χ3v) is 4.36. The van der Waals surface area contributed by atoms with Crippen LogP contribution in [0.2, 0.25) is 0 Å². The number of aryl methyl sites for hydroxylation is 1. The van der Waals surface area contributed by atoms with E-state index in [9.17, 15) is 8.42 Å². The molecule has 0 bridgehead atoms. The van der Waals surface area contributed by atoms with Crippen LogP contribution in [0.1, 0.15) is 25.1 Å². The van der Waals surface area contributed by atoms with Crippen LogP contribution in [0, 0.1) is 6.92 Å². The van der Waals surface area contributed by atoms with Gasteiger partial charge in [0.15, 0.2) is 0 Å². The predicted molar refractivity (Wildman–Crippen MR) is 82.6 cm³/mol. The molecule has 2 aromatic rings. The summed E-state index contributed by atoms with van der Waals surface area (Å²) in [6.45, 7) is 6.49. The fourth-order valence-electron chi connectivity index (χ4n) is 1.76. The second kappa shape index (κ2) is 6.28. The Hall–Kier alpha value is -1.86. The van der Waals surface area contributed by atoms with Crippen LogP contribution < -0.4 is 10.0 Å². The maximum Gasteiger partial charge on any atom is 0.263 e. The van der Waals surface area contributed by atoms with Gasteiger partial charge in [0.2, 0.25) is 0 Å². The molecule has 0 aliphatic rings. The molecule has 0 radical (unpaired) electrons. The van der Waals surface area contributed by atoms with Gasteiger partial charge in [0.25, 0.3) is 10.0 Å². The maximum atomic E-state index is 12.3. The van der Waals surface area contributed by atoms with Crippen molar-refractivity contribution in [2.75, 3.05) is 4.72 Å². The van der Waals surface area contributed by atoms with Crippen LogP contribution in [0.3, 0.4) is 0 Å². The molecular weight excluding hydrogens is 288 g/mol. The summed E-state index contributed by atoms with van der Waals surface area (Å²) in [5.74, 6) is 0. The first-order valence-corrected chi connectivity index (χ1v) is 8.21. The number of anilines is 1. The quantitative estimate of drug-likeness (QED) is 0.762. The highest BCUT2D eigenvalue weighted by Gasteiger charge is 2.17. The molecule has 0 aliphatic heterocycles. The largest absolute Gasteiger partial charge is 0.363 e. The van der Waals surface area contributed by atoms with E-state index in [1.807, 2.05) is 20.8 Å². The van der Waals surface area contributed by atoms with Gasteiger partial charge in [-0.3, -0.25) is 9.71 Å². The SMILES string of the molecule is Cc1ccncc1NS(=O)(=O)c1c[nH]c(CNC(C)C)c1. The van der Waals surface area contributed by atoms with Crippen molar-refractivity contribution in [1.82, 2.24) is 15.3 Å². The first kappa shape index (κ1) is 15.5. The fraction of sp³-hybridized carbons (Fsp3) is 0.357. The number of H-pyrrole nitrogens is 1. The van der Waals surface area contributed by atoms with Gasteiger partial charge in [0.05, 0.1) is 11.9 Å². The van der Waals surface area contributed by atoms with Crippen molar-refractivity contribution in [3.05, 3.63) is 42.0 Å². The predicted octanol–water partition coefficient (Wildman–Crippen LogP) is 2.02. The highest BCUT2D eigenvalue weighted by Crippen LogP contribution is 2.18. The van der Waals surface area contributed by atoms with E-state index in [2.05, 4.69) is 20.0 Å². The molecule has 0 aromatic carbocycles. The molecule has 2 rings (SSSR count). The summed E-state index contributed by atoms with van der Waals surface area (Å²) in [4.78, 5) is 7.12. The Balaban J connectivity index is 2.15. The molecule has 6 nitrogen and oxygen atoms in total. The van der Waals surface area contributed by atoms with Gasteiger partial charge in [0, 0.05) is 30.7 Å². The molecule has 0 unspecified atom stereocenters. The minimum absolute atomic E-state index is 0.214. The minimum Gasteiger partial charge on any atom is -0.363 e. The molecule has 0 saturated heterocycles. The van der Waals surface area contributed by atoms with Gasteiger partial charge in [-0.05, 0) is 24.6 Å². The van der Waals surface area contributed by atoms with Gasteiger partial charge < -0.3 is 10.3 Å². The third kappa shape index (κ3) is 4.05. The summed E-state index contributed by atoms with van der Waals surface area (Å²) in [6, 6.07) is 3.72. The van der Waals surface area contributed by atoms with Crippen LogP contribution in [0.5, 0.6) is 0 Å². The summed E-state index contributed by atoms with van der Waals surface area (Å²) in [6.07, 6.45) is 4.62. The third-order valence-electron chi connectivity index (χ3n) is 3.01. The molecule has 0 spiro atoms. The van der Waals surface area contributed by atoms with Crippen LogP contribution in [-0.2, 0) is 16.6 Å². The molecule has 2 heterocycles. The molecule has 3 N–H and O–H groups in total. The lowest BCUT2D eigenvalue weighted by Gasteiger charge is -2.08. The van der Waals surface area contributed by atoms with Gasteiger partial charge in [-0.15, -0.1) is 0 Å². The van der Waals surface area contributed by atoms with Crippen molar-refractivity contribution >= 4 is 15.7 Å². The minimum atomic E-state index is -3.60. The molecule has 21 heavy (non-hydrogen) atoms. The Morgan fingerprint density at radius 1 is 1.38 bits per heavy atom. The number of rotatable bonds is 6. The van der Waals surface area contributed by atoms with Crippen molar-refractivity contribution in [3.8, 4) is 0 Å². The number of aromatic nitrogens is 2. The van der Waals surface area contributed by atoms with Crippen LogP contribution in [-0.4, -0.2) is 24.4 Å². The summed E-state index contributed by atoms with van der Waals surface area (Å²) < 4.78 is 27.2. The number of hydrogen-bond donors (Lipinski definition) is 3. The molecule has 114 valence electrons. The van der Waals surface area contributed by atoms with E-state index in [1.54, 1.807) is 18.3 Å². The van der Waals surface area contributed by atoms with Gasteiger partial charge in [-0.1, -0.05) is 13.8 Å². The lowest BCUT2D eigenvalue weighted by atomic mass is 10.3. The zero-order valence-electron chi connectivity index (χ0n) is 12.3. The molecule has 0 fully saturated rings. The second-order valence-corrected chi connectivity index (χ2v) is 6.87. The van der Waals surface area contributed by atoms with E-state index >= 15 is 0 Å². The number of pyridine rings is 1. The topological polar surface area (TPSA) is 86.9 Å². The Bertz CT molecular complexity index is 707. The zero-order chi connectivity index (χ0) is 15.5. The molecule has 0 amide bonds. The van der Waals surface area contributed by atoms with Crippen LogP contribution >= 0.6 is 0 Å². The molecule has 0 saturated carbocycles. The Kier molecular flexibility index (Phi) is 4.64. The van der Waals surface area contributed by atoms with Gasteiger partial charge in [-0.25, -0.2) is 8.42 Å². The highest BCUT2D eigenvalue weighted by molar-refractivity contribution is 7.92. The lowest BCUT2D eigenvalue weighted by Crippen LogP contribution is -2.21. The van der Waals surface area contributed by atoms with Crippen LogP contribution in [0.15, 0.2) is 35.6 Å². The van der Waals surface area contributed by atoms with Crippen LogP contribution in [0.4, 0.5) is 5.69 Å². The van der Waals surface area contributed by atoms with E-state index < -0.39 is 10.0 Å². The monoisotopic (exact) mass is 308 g/mol. The average molecular weight is 308 g/mol. The van der Waals surface area contributed by atoms with Crippen molar-refractivity contribution in [2.45, 2.75) is 38.3 Å². The Labute approximate surface area is 125 Å². The first-order chi connectivity index (χ1) is 9.88. The van der Waals surface area contributed by atoms with Crippen molar-refractivity contribution in [2.24, 2.45) is 0 Å². The fourth-order valence-corrected chi connectivity index (χ4v) is 2.90. The molecular formula is C14H20N4O2S. The highest BCUT2D eigenvalue weighted by atomic mass is 32.2. The molecule has 2 aromatic heterocycles. The molecule has 0 atom stereocenters. The molecule has 0 aliphatic carbocycles. The summed E-state index contributed by atoms with van der Waals surface area (Å²) >= 11 is 0. The first-order valence-electron chi connectivity index (χ1n) is 6.72. The maximum absolute atomic E-state index is 12.3. The van der Waals surface area contributed by atoms with E-state index in [-0.39, 0.29) is 4.90 Å². The van der Waals surface area contributed by atoms with E-state index in [4.69, 9.17) is 0 Å². The number of hydrogen-bond acceptors (Lipinski definition) is 4. The van der Waals surface area contributed by atoms with E-state index in [0.717, 1.165) is 11.3 Å². The summed E-state index contributed by atoms with van der Waals surface area (Å²) in [5.41, 5.74) is 2.14. The Morgan fingerprint density at radius 2 is 2.14 bits per heavy atom. The van der Waals surface area contributed by atoms with Crippen molar-refractivity contribution in [3.63, 3.8) is 0 Å². The van der Waals surface area contributed by atoms with Gasteiger partial charge >= 0.3 is 0 Å². The van der Waals surface area contributed by atoms with E-state index in [0.29, 0.717) is 18.3 Å². The summed E-state index contributed by atoms with van der Waals surface area (Å²) in [7, 11) is -3.60. The number of sulfonamides is 1. The van der Waals surface area contributed by atoms with E-state index in [1.165, 1.54) is 12.4 Å². The zero-order valence-corrected chi connectivity index (χ0v) is 13.2. The summed E-state index contributed by atoms with van der Waals surface area (Å²) in [5, 5.41) is 3.23. The van der Waals surface area contributed by atoms with Crippen molar-refractivity contribution < 1.29 is 8.42 Å². The second-order valence-electron chi connectivity index (χ2n) is 5.19. The molecule has 7 heteroatoms. The number of nitrogens with one attached hydrogen (secondary N) is 3. The number of nitrogens with zero attached hydrogens (tertiary/aromatic N) is 1. The normalized spacial score (nSPS) is 11.8. The standard InChI is InChI=1S/C14H20N4O2S/c1-10(2)16-7-12-6-13(8-17-12)21(19,20)18-14-9-15-5-4-11(14)3/h4-6,8-10,16-18H,7H2,1-3H3. The average Bonchev–Trinajstić information content (AvgIpc) is 2.88. The number of aromatic amines is 1. The van der Waals surface area contributed by atoms with Gasteiger partial charge in [0.1, 0.15) is 4.90 Å². The van der Waals surface area contributed by atoms with Gasteiger partial charge in [-0.2, -0.15) is 0 Å². The smallest absolute Gasteiger partial charge is 0.263 e.